The predicted molar refractivity (Wildman–Crippen MR) is 67.5 cm³/mol. The molecule has 92 valence electrons. The van der Waals surface area contributed by atoms with Crippen LogP contribution in [0.1, 0.15) is 0 Å². The van der Waals surface area contributed by atoms with E-state index >= 15 is 0 Å². The number of nitrogens with two attached hydrogens (primary N) is 1. The van der Waals surface area contributed by atoms with Gasteiger partial charge in [0.05, 0.1) is 5.69 Å². The molecule has 0 aromatic heterocycles. The first kappa shape index (κ1) is 13.4. The van der Waals surface area contributed by atoms with Gasteiger partial charge in [0.25, 0.3) is 11.8 Å². The Kier molecular flexibility index (Phi) is 4.57. The average Bonchev–Trinajstić information content (AvgIpc) is 2.71. The summed E-state index contributed by atoms with van der Waals surface area (Å²) in [6.45, 7) is 3.09. The molecule has 1 aromatic carbocycles. The highest BCUT2D eigenvalue weighted by Gasteiger charge is 2.24. The zero-order chi connectivity index (χ0) is 13.5. The third-order valence-electron chi connectivity index (χ3n) is 2.02. The first-order valence-corrected chi connectivity index (χ1v) is 5.09. The summed E-state index contributed by atoms with van der Waals surface area (Å²) in [4.78, 5) is 33.0. The molecule has 1 aromatic rings. The predicted octanol–water partition coefficient (Wildman–Crippen LogP) is 0.774. The van der Waals surface area contributed by atoms with Gasteiger partial charge in [-0.15, -0.1) is 0 Å². The van der Waals surface area contributed by atoms with Gasteiger partial charge < -0.3 is 5.73 Å². The molecule has 2 N–H and O–H groups in total. The third kappa shape index (κ3) is 3.41. The molecule has 0 radical (unpaired) electrons. The molecular formula is C13H12N2O3. The smallest absolute Gasteiger partial charge is 0.258 e. The molecule has 1 aliphatic heterocycles. The maximum atomic E-state index is 11.2. The summed E-state index contributed by atoms with van der Waals surface area (Å²) in [7, 11) is 0. The van der Waals surface area contributed by atoms with Crippen molar-refractivity contribution in [3.05, 3.63) is 55.1 Å². The molecule has 18 heavy (non-hydrogen) atoms. The minimum atomic E-state index is -0.481. The van der Waals surface area contributed by atoms with Gasteiger partial charge >= 0.3 is 0 Å². The number of para-hydroxylation sites is 1. The lowest BCUT2D eigenvalue weighted by Crippen LogP contribution is -2.29. The molecule has 3 amide bonds. The fourth-order valence-corrected chi connectivity index (χ4v) is 1.23. The summed E-state index contributed by atoms with van der Waals surface area (Å²) >= 11 is 0. The van der Waals surface area contributed by atoms with E-state index in [0.717, 1.165) is 11.0 Å². The van der Waals surface area contributed by atoms with Crippen LogP contribution in [0.3, 0.4) is 0 Å². The number of benzene rings is 1. The van der Waals surface area contributed by atoms with Crippen LogP contribution >= 0.6 is 0 Å². The Bertz CT molecular complexity index is 488. The van der Waals surface area contributed by atoms with Crippen molar-refractivity contribution < 1.29 is 14.4 Å². The Morgan fingerprint density at radius 2 is 1.56 bits per heavy atom. The maximum absolute atomic E-state index is 11.2. The van der Waals surface area contributed by atoms with Crippen molar-refractivity contribution in [2.45, 2.75) is 0 Å². The van der Waals surface area contributed by atoms with Gasteiger partial charge in [-0.05, 0) is 18.2 Å². The van der Waals surface area contributed by atoms with Gasteiger partial charge in [0.15, 0.2) is 0 Å². The number of hydrogen-bond donors (Lipinski definition) is 1. The normalized spacial score (nSPS) is 13.0. The van der Waals surface area contributed by atoms with Crippen LogP contribution in [-0.2, 0) is 14.4 Å². The molecule has 0 aliphatic carbocycles. The molecule has 1 heterocycles. The number of rotatable bonds is 2. The first-order valence-electron chi connectivity index (χ1n) is 5.09. The molecule has 0 saturated carbocycles. The van der Waals surface area contributed by atoms with Crippen molar-refractivity contribution in [3.63, 3.8) is 0 Å². The minimum Gasteiger partial charge on any atom is -0.366 e. The summed E-state index contributed by atoms with van der Waals surface area (Å²) in [6.07, 6.45) is 3.60. The standard InChI is InChI=1S/C10H7NO2.C3H5NO/c12-9-6-7-10(13)11(9)8-4-2-1-3-5-8;1-2-3(4)5/h1-7H;2H,1H2,(H2,4,5). The highest BCUT2D eigenvalue weighted by Crippen LogP contribution is 2.17. The number of hydrogen-bond acceptors (Lipinski definition) is 3. The Morgan fingerprint density at radius 3 is 1.94 bits per heavy atom. The highest BCUT2D eigenvalue weighted by atomic mass is 16.2. The van der Waals surface area contributed by atoms with Crippen LogP contribution in [0.4, 0.5) is 5.69 Å². The van der Waals surface area contributed by atoms with Crippen molar-refractivity contribution in [2.24, 2.45) is 5.73 Å². The van der Waals surface area contributed by atoms with E-state index in [-0.39, 0.29) is 11.8 Å². The first-order chi connectivity index (χ1) is 8.56. The van der Waals surface area contributed by atoms with Gasteiger partial charge in [-0.25, -0.2) is 4.90 Å². The molecule has 0 atom stereocenters. The second kappa shape index (κ2) is 6.15. The number of carbonyl (C=O) groups is 3. The van der Waals surface area contributed by atoms with Gasteiger partial charge in [-0.3, -0.25) is 14.4 Å². The van der Waals surface area contributed by atoms with E-state index < -0.39 is 5.91 Å². The molecular weight excluding hydrogens is 232 g/mol. The van der Waals surface area contributed by atoms with Crippen LogP contribution in [0.25, 0.3) is 0 Å². The molecule has 0 spiro atoms. The minimum absolute atomic E-state index is 0.281. The van der Waals surface area contributed by atoms with E-state index in [1.165, 1.54) is 12.2 Å². The molecule has 0 unspecified atom stereocenters. The lowest BCUT2D eigenvalue weighted by atomic mass is 10.3. The zero-order valence-electron chi connectivity index (χ0n) is 9.58. The SMILES string of the molecule is C=CC(N)=O.O=C1C=CC(=O)N1c1ccccc1. The van der Waals surface area contributed by atoms with E-state index in [9.17, 15) is 14.4 Å². The molecule has 5 heteroatoms. The van der Waals surface area contributed by atoms with Gasteiger partial charge in [-0.2, -0.15) is 0 Å². The molecule has 5 nitrogen and oxygen atoms in total. The van der Waals surface area contributed by atoms with Crippen molar-refractivity contribution in [1.29, 1.82) is 0 Å². The van der Waals surface area contributed by atoms with Gasteiger partial charge in [0.1, 0.15) is 0 Å². The van der Waals surface area contributed by atoms with E-state index in [1.54, 1.807) is 24.3 Å². The average molecular weight is 244 g/mol. The lowest BCUT2D eigenvalue weighted by Gasteiger charge is -2.12. The molecule has 0 bridgehead atoms. The Labute approximate surface area is 104 Å². The largest absolute Gasteiger partial charge is 0.366 e. The van der Waals surface area contributed by atoms with E-state index in [0.29, 0.717) is 5.69 Å². The van der Waals surface area contributed by atoms with Crippen LogP contribution in [0.2, 0.25) is 0 Å². The summed E-state index contributed by atoms with van der Waals surface area (Å²) < 4.78 is 0. The zero-order valence-corrected chi connectivity index (χ0v) is 9.58. The lowest BCUT2D eigenvalue weighted by molar-refractivity contribution is -0.120. The van der Waals surface area contributed by atoms with Crippen LogP contribution in [0.15, 0.2) is 55.1 Å². The van der Waals surface area contributed by atoms with Crippen LogP contribution < -0.4 is 10.6 Å². The van der Waals surface area contributed by atoms with Crippen molar-refractivity contribution >= 4 is 23.4 Å². The fraction of sp³-hybridized carbons (Fsp3) is 0. The van der Waals surface area contributed by atoms with Crippen LogP contribution in [0, 0.1) is 0 Å². The number of imide groups is 1. The van der Waals surface area contributed by atoms with Crippen LogP contribution in [0.5, 0.6) is 0 Å². The summed E-state index contributed by atoms with van der Waals surface area (Å²) in [6, 6.07) is 8.86. The summed E-state index contributed by atoms with van der Waals surface area (Å²) in [5.74, 6) is -1.04. The summed E-state index contributed by atoms with van der Waals surface area (Å²) in [5, 5.41) is 0. The number of primary amides is 1. The quantitative estimate of drug-likeness (QED) is 0.616. The number of amides is 3. The molecule has 0 saturated heterocycles. The second-order valence-corrected chi connectivity index (χ2v) is 3.29. The Balaban J connectivity index is 0.000000280. The number of carbonyl (C=O) groups excluding carboxylic acids is 3. The Morgan fingerprint density at radius 1 is 1.11 bits per heavy atom. The number of nitrogens with zero attached hydrogens (tertiary/aromatic N) is 1. The topological polar surface area (TPSA) is 80.5 Å². The number of anilines is 1. The van der Waals surface area contributed by atoms with Crippen LogP contribution in [-0.4, -0.2) is 17.7 Å². The van der Waals surface area contributed by atoms with Gasteiger partial charge in [0.2, 0.25) is 5.91 Å². The maximum Gasteiger partial charge on any atom is 0.258 e. The van der Waals surface area contributed by atoms with E-state index in [1.807, 2.05) is 6.07 Å². The van der Waals surface area contributed by atoms with Gasteiger partial charge in [-0.1, -0.05) is 24.8 Å². The van der Waals surface area contributed by atoms with Gasteiger partial charge in [0, 0.05) is 12.2 Å². The van der Waals surface area contributed by atoms with E-state index in [2.05, 4.69) is 12.3 Å². The highest BCUT2D eigenvalue weighted by molar-refractivity contribution is 6.28. The third-order valence-corrected chi connectivity index (χ3v) is 2.02. The molecule has 0 fully saturated rings. The van der Waals surface area contributed by atoms with E-state index in [4.69, 9.17) is 0 Å². The van der Waals surface area contributed by atoms with Crippen molar-refractivity contribution in [2.75, 3.05) is 4.90 Å². The molecule has 1 aliphatic rings. The fourth-order valence-electron chi connectivity index (χ4n) is 1.23. The monoisotopic (exact) mass is 244 g/mol. The molecule has 2 rings (SSSR count). The van der Waals surface area contributed by atoms with Crippen molar-refractivity contribution in [1.82, 2.24) is 0 Å². The van der Waals surface area contributed by atoms with Crippen molar-refractivity contribution in [3.8, 4) is 0 Å². The summed E-state index contributed by atoms with van der Waals surface area (Å²) in [5.41, 5.74) is 5.15. The Hall–Kier alpha value is -2.69. The second-order valence-electron chi connectivity index (χ2n) is 3.29.